The van der Waals surface area contributed by atoms with Crippen LogP contribution < -0.4 is 0 Å². The Hall–Kier alpha value is -3.86. The lowest BCUT2D eigenvalue weighted by Gasteiger charge is -2.35. The predicted molar refractivity (Wildman–Crippen MR) is 195 cm³/mol. The minimum absolute atomic E-state index is 0.0910. The zero-order chi connectivity index (χ0) is 32.0. The molecule has 0 aliphatic heterocycles. The average Bonchev–Trinajstić information content (AvgIpc) is 3.04. The van der Waals surface area contributed by atoms with Crippen molar-refractivity contribution in [2.45, 2.75) is 79.6 Å². The number of allylic oxidation sites excluding steroid dienone is 9. The third kappa shape index (κ3) is 7.69. The summed E-state index contributed by atoms with van der Waals surface area (Å²) >= 11 is 0. The molecule has 1 radical (unpaired) electrons. The second-order valence-corrected chi connectivity index (χ2v) is 14.1. The van der Waals surface area contributed by atoms with Crippen molar-refractivity contribution in [1.82, 2.24) is 0 Å². The molecular formula is C45H51. The van der Waals surface area contributed by atoms with Crippen LogP contribution in [0.1, 0.15) is 92.3 Å². The van der Waals surface area contributed by atoms with Gasteiger partial charge in [-0.25, -0.2) is 0 Å². The summed E-state index contributed by atoms with van der Waals surface area (Å²) in [5.41, 5.74) is 17.6. The van der Waals surface area contributed by atoms with Crippen molar-refractivity contribution in [2.24, 2.45) is 17.3 Å². The Bertz CT molecular complexity index is 1640. The van der Waals surface area contributed by atoms with E-state index < -0.39 is 0 Å². The summed E-state index contributed by atoms with van der Waals surface area (Å²) in [6.07, 6.45) is 21.1. The maximum Gasteiger partial charge on any atom is 0.0380 e. The zero-order valence-electron chi connectivity index (χ0n) is 28.4. The molecule has 2 atom stereocenters. The van der Waals surface area contributed by atoms with Gasteiger partial charge in [0, 0.05) is 11.8 Å². The minimum atomic E-state index is 0.0910. The van der Waals surface area contributed by atoms with Crippen molar-refractivity contribution >= 4 is 5.57 Å². The van der Waals surface area contributed by atoms with E-state index in [0.717, 1.165) is 25.7 Å². The van der Waals surface area contributed by atoms with E-state index in [1.807, 2.05) is 0 Å². The number of rotatable bonds is 12. The van der Waals surface area contributed by atoms with Crippen molar-refractivity contribution in [3.63, 3.8) is 0 Å². The summed E-state index contributed by atoms with van der Waals surface area (Å²) in [6, 6.07) is 25.3. The van der Waals surface area contributed by atoms with E-state index in [4.69, 9.17) is 0 Å². The van der Waals surface area contributed by atoms with Crippen LogP contribution in [0.4, 0.5) is 0 Å². The highest BCUT2D eigenvalue weighted by atomic mass is 14.3. The van der Waals surface area contributed by atoms with Crippen LogP contribution in [0.2, 0.25) is 0 Å². The first-order chi connectivity index (χ1) is 21.7. The third-order valence-corrected chi connectivity index (χ3v) is 9.82. The van der Waals surface area contributed by atoms with Crippen LogP contribution in [0.15, 0.2) is 127 Å². The molecule has 0 aromatic heterocycles. The van der Waals surface area contributed by atoms with Crippen LogP contribution in [0.5, 0.6) is 0 Å². The SMILES string of the molecule is C=C=C(CC(C)C)C(c1ccc(CC2=CCC2(C)C)cc1)c1cc(C)c(CCc2ccccc2)cc1/C(=C/C)C1[CH]C=CC=C1. The van der Waals surface area contributed by atoms with Gasteiger partial charge < -0.3 is 0 Å². The Morgan fingerprint density at radius 3 is 2.29 bits per heavy atom. The number of benzene rings is 3. The summed E-state index contributed by atoms with van der Waals surface area (Å²) in [6.45, 7) is 18.1. The largest absolute Gasteiger partial charge is 0.129 e. The van der Waals surface area contributed by atoms with Gasteiger partial charge in [-0.1, -0.05) is 143 Å². The fourth-order valence-electron chi connectivity index (χ4n) is 7.00. The van der Waals surface area contributed by atoms with E-state index in [2.05, 4.69) is 163 Å². The molecule has 0 fully saturated rings. The Kier molecular flexibility index (Phi) is 10.5. The molecule has 45 heavy (non-hydrogen) atoms. The van der Waals surface area contributed by atoms with Gasteiger partial charge in [0.2, 0.25) is 0 Å². The molecule has 2 aliphatic rings. The molecule has 3 aromatic carbocycles. The van der Waals surface area contributed by atoms with Crippen molar-refractivity contribution in [3.8, 4) is 0 Å². The van der Waals surface area contributed by atoms with E-state index >= 15 is 0 Å². The standard InChI is InChI=1S/C45H51/c1-8-36(28-32(3)4)44(38-23-21-35(22-24-38)30-40-26-27-45(40,6)7)43-29-33(5)39(25-20-34-16-12-10-13-17-34)31-42(43)41(9-2)37-18-14-11-15-19-37/h9-19,21-24,26,29,31-32,37,44H,1,20,25,27-28,30H2,2-7H3/b41-9+. The van der Waals surface area contributed by atoms with E-state index in [9.17, 15) is 0 Å². The van der Waals surface area contributed by atoms with Crippen LogP contribution in [-0.4, -0.2) is 0 Å². The molecule has 231 valence electrons. The van der Waals surface area contributed by atoms with Crippen LogP contribution in [0.25, 0.3) is 5.57 Å². The predicted octanol–water partition coefficient (Wildman–Crippen LogP) is 11.9. The second kappa shape index (κ2) is 14.5. The molecule has 0 bridgehead atoms. The van der Waals surface area contributed by atoms with Gasteiger partial charge in [-0.3, -0.25) is 0 Å². The Balaban J connectivity index is 1.61. The molecule has 0 heterocycles. The minimum Gasteiger partial charge on any atom is -0.129 e. The fraction of sp³-hybridized carbons (Fsp3) is 0.333. The van der Waals surface area contributed by atoms with E-state index in [-0.39, 0.29) is 11.8 Å². The lowest BCUT2D eigenvalue weighted by Crippen LogP contribution is -2.23. The van der Waals surface area contributed by atoms with Gasteiger partial charge in [-0.15, -0.1) is 5.73 Å². The van der Waals surface area contributed by atoms with Crippen molar-refractivity contribution < 1.29 is 0 Å². The van der Waals surface area contributed by atoms with E-state index in [1.165, 1.54) is 56.5 Å². The maximum absolute atomic E-state index is 4.25. The van der Waals surface area contributed by atoms with Gasteiger partial charge in [0.15, 0.2) is 0 Å². The smallest absolute Gasteiger partial charge is 0.0380 e. The van der Waals surface area contributed by atoms with E-state index in [0.29, 0.717) is 11.3 Å². The highest BCUT2D eigenvalue weighted by molar-refractivity contribution is 5.75. The Morgan fingerprint density at radius 2 is 1.71 bits per heavy atom. The van der Waals surface area contributed by atoms with Gasteiger partial charge in [0.1, 0.15) is 0 Å². The average molecular weight is 592 g/mol. The molecular weight excluding hydrogens is 540 g/mol. The van der Waals surface area contributed by atoms with Crippen LogP contribution in [0.3, 0.4) is 0 Å². The molecule has 3 aromatic rings. The Labute approximate surface area is 273 Å². The molecule has 0 nitrogen and oxygen atoms in total. The monoisotopic (exact) mass is 591 g/mol. The van der Waals surface area contributed by atoms with E-state index in [1.54, 1.807) is 5.57 Å². The van der Waals surface area contributed by atoms with Crippen molar-refractivity contribution in [2.75, 3.05) is 0 Å². The van der Waals surface area contributed by atoms with Crippen molar-refractivity contribution in [1.29, 1.82) is 0 Å². The van der Waals surface area contributed by atoms with Gasteiger partial charge in [-0.05, 0) is 114 Å². The third-order valence-electron chi connectivity index (χ3n) is 9.82. The zero-order valence-corrected chi connectivity index (χ0v) is 28.4. The fourth-order valence-corrected chi connectivity index (χ4v) is 7.00. The second-order valence-electron chi connectivity index (χ2n) is 14.1. The first kappa shape index (κ1) is 32.5. The summed E-state index contributed by atoms with van der Waals surface area (Å²) in [7, 11) is 0. The highest BCUT2D eigenvalue weighted by Crippen LogP contribution is 2.44. The van der Waals surface area contributed by atoms with Gasteiger partial charge in [0.25, 0.3) is 0 Å². The molecule has 2 aliphatic carbocycles. The molecule has 0 saturated heterocycles. The molecule has 0 N–H and O–H groups in total. The normalized spacial score (nSPS) is 17.9. The quantitative estimate of drug-likeness (QED) is 0.145. The molecule has 0 spiro atoms. The summed E-state index contributed by atoms with van der Waals surface area (Å²) < 4.78 is 0. The lowest BCUT2D eigenvalue weighted by atomic mass is 9.69. The highest BCUT2D eigenvalue weighted by Gasteiger charge is 2.30. The summed E-state index contributed by atoms with van der Waals surface area (Å²) in [4.78, 5) is 0. The number of aryl methyl sites for hydroxylation is 3. The first-order valence-corrected chi connectivity index (χ1v) is 16.9. The lowest BCUT2D eigenvalue weighted by molar-refractivity contribution is 0.391. The summed E-state index contributed by atoms with van der Waals surface area (Å²) in [5, 5.41) is 0. The molecule has 0 saturated carbocycles. The maximum atomic E-state index is 4.25. The summed E-state index contributed by atoms with van der Waals surface area (Å²) in [5.74, 6) is 0.847. The van der Waals surface area contributed by atoms with Crippen LogP contribution in [0, 0.1) is 30.6 Å². The topological polar surface area (TPSA) is 0 Å². The molecule has 0 heteroatoms. The molecule has 2 unspecified atom stereocenters. The first-order valence-electron chi connectivity index (χ1n) is 16.9. The molecule has 5 rings (SSSR count). The van der Waals surface area contributed by atoms with Gasteiger partial charge >= 0.3 is 0 Å². The Morgan fingerprint density at radius 1 is 0.956 bits per heavy atom. The van der Waals surface area contributed by atoms with Crippen molar-refractivity contribution in [3.05, 3.63) is 172 Å². The van der Waals surface area contributed by atoms with Gasteiger partial charge in [-0.2, -0.15) is 0 Å². The number of hydrogen-bond acceptors (Lipinski definition) is 0. The van der Waals surface area contributed by atoms with Crippen LogP contribution in [-0.2, 0) is 19.3 Å². The molecule has 0 amide bonds. The number of hydrogen-bond donors (Lipinski definition) is 0. The van der Waals surface area contributed by atoms with Gasteiger partial charge in [0.05, 0.1) is 0 Å². The van der Waals surface area contributed by atoms with Crippen LogP contribution >= 0.6 is 0 Å².